The Morgan fingerprint density at radius 3 is 2.57 bits per heavy atom. The molecule has 0 spiro atoms. The fourth-order valence-corrected chi connectivity index (χ4v) is 3.08. The van der Waals surface area contributed by atoms with E-state index < -0.39 is 29.6 Å². The molecule has 1 aromatic heterocycles. The number of carbonyl (C=O) groups excluding carboxylic acids is 2. The molecular weight excluding hydrogens is 362 g/mol. The Balaban J connectivity index is 2.26. The van der Waals surface area contributed by atoms with Crippen LogP contribution in [0, 0.1) is 6.92 Å². The third-order valence-corrected chi connectivity index (χ3v) is 4.57. The number of hydrogen-bond acceptors (Lipinski definition) is 6. The van der Waals surface area contributed by atoms with E-state index in [1.54, 1.807) is 19.1 Å². The predicted octanol–water partition coefficient (Wildman–Crippen LogP) is 1.86. The standard InChI is InChI=1S/C21H27NO6/c1-5-7-14-11-18(23)28-19-12(3)17(10-9-15(14)19)27-13(4)20(24)22-16(8-6-2)21(25)26/h9-11,13,16H,5-8H2,1-4H3,(H,22,24)(H,25,26)/p-1/t13-,16+/m0/s1. The van der Waals surface area contributed by atoms with Crippen molar-refractivity contribution in [1.29, 1.82) is 0 Å². The summed E-state index contributed by atoms with van der Waals surface area (Å²) in [5.41, 5.74) is 1.51. The second-order valence-corrected chi connectivity index (χ2v) is 6.84. The molecule has 0 aliphatic carbocycles. The zero-order chi connectivity index (χ0) is 20.8. The Hall–Kier alpha value is -2.83. The summed E-state index contributed by atoms with van der Waals surface area (Å²) in [4.78, 5) is 35.3. The van der Waals surface area contributed by atoms with Gasteiger partial charge < -0.3 is 24.4 Å². The summed E-state index contributed by atoms with van der Waals surface area (Å²) in [6.45, 7) is 7.13. The molecular formula is C21H26NO6-. The van der Waals surface area contributed by atoms with E-state index in [2.05, 4.69) is 5.32 Å². The van der Waals surface area contributed by atoms with Gasteiger partial charge in [0.2, 0.25) is 0 Å². The number of rotatable bonds is 9. The van der Waals surface area contributed by atoms with Crippen molar-refractivity contribution >= 4 is 22.8 Å². The highest BCUT2D eigenvalue weighted by Crippen LogP contribution is 2.29. The number of aliphatic carboxylic acids is 1. The first-order chi connectivity index (χ1) is 13.3. The molecule has 1 aromatic carbocycles. The van der Waals surface area contributed by atoms with Gasteiger partial charge in [-0.2, -0.15) is 0 Å². The monoisotopic (exact) mass is 388 g/mol. The smallest absolute Gasteiger partial charge is 0.336 e. The van der Waals surface area contributed by atoms with Crippen LogP contribution in [0.4, 0.5) is 0 Å². The Morgan fingerprint density at radius 2 is 1.96 bits per heavy atom. The lowest BCUT2D eigenvalue weighted by molar-refractivity contribution is -0.308. The number of nitrogens with one attached hydrogen (secondary N) is 1. The number of aryl methyl sites for hydroxylation is 2. The molecule has 2 rings (SSSR count). The normalized spacial score (nSPS) is 13.1. The second-order valence-electron chi connectivity index (χ2n) is 6.84. The molecule has 0 bridgehead atoms. The molecule has 7 nitrogen and oxygen atoms in total. The highest BCUT2D eigenvalue weighted by molar-refractivity contribution is 5.87. The number of carbonyl (C=O) groups is 2. The van der Waals surface area contributed by atoms with Crippen molar-refractivity contribution in [1.82, 2.24) is 5.32 Å². The van der Waals surface area contributed by atoms with Crippen molar-refractivity contribution < 1.29 is 23.8 Å². The number of carboxylic acid groups (broad SMARTS) is 1. The van der Waals surface area contributed by atoms with E-state index in [0.29, 0.717) is 23.3 Å². The molecule has 0 aliphatic rings. The SMILES string of the molecule is CCCc1cc(=O)oc2c(C)c(O[C@@H](C)C(=O)N[C@H](CCC)C(=O)[O-])ccc12. The lowest BCUT2D eigenvalue weighted by atomic mass is 10.0. The van der Waals surface area contributed by atoms with Gasteiger partial charge in [-0.1, -0.05) is 26.7 Å². The number of fused-ring (bicyclic) bond motifs is 1. The highest BCUT2D eigenvalue weighted by atomic mass is 16.5. The maximum atomic E-state index is 12.3. The molecule has 152 valence electrons. The molecule has 1 heterocycles. The number of ether oxygens (including phenoxy) is 1. The summed E-state index contributed by atoms with van der Waals surface area (Å²) in [7, 11) is 0. The molecule has 0 saturated heterocycles. The van der Waals surface area contributed by atoms with Crippen molar-refractivity contribution in [2.75, 3.05) is 0 Å². The van der Waals surface area contributed by atoms with E-state index in [1.165, 1.54) is 13.0 Å². The maximum absolute atomic E-state index is 12.3. The minimum absolute atomic E-state index is 0.279. The summed E-state index contributed by atoms with van der Waals surface area (Å²) >= 11 is 0. The Bertz CT molecular complexity index is 917. The van der Waals surface area contributed by atoms with E-state index in [4.69, 9.17) is 9.15 Å². The molecule has 28 heavy (non-hydrogen) atoms. The molecule has 0 fully saturated rings. The largest absolute Gasteiger partial charge is 0.548 e. The van der Waals surface area contributed by atoms with Crippen molar-refractivity contribution in [3.05, 3.63) is 39.7 Å². The second kappa shape index (κ2) is 9.39. The van der Waals surface area contributed by atoms with Gasteiger partial charge in [-0.25, -0.2) is 4.79 Å². The van der Waals surface area contributed by atoms with Crippen LogP contribution in [0.15, 0.2) is 27.4 Å². The van der Waals surface area contributed by atoms with Gasteiger partial charge in [0.1, 0.15) is 11.3 Å². The van der Waals surface area contributed by atoms with Crippen LogP contribution in [0.1, 0.15) is 51.2 Å². The first kappa shape index (κ1) is 21.5. The van der Waals surface area contributed by atoms with E-state index in [0.717, 1.165) is 23.8 Å². The summed E-state index contributed by atoms with van der Waals surface area (Å²) < 4.78 is 11.1. The number of amides is 1. The van der Waals surface area contributed by atoms with E-state index >= 15 is 0 Å². The van der Waals surface area contributed by atoms with Crippen LogP contribution in [0.5, 0.6) is 5.75 Å². The molecule has 2 aromatic rings. The molecule has 0 radical (unpaired) electrons. The number of benzene rings is 1. The van der Waals surface area contributed by atoms with Crippen LogP contribution in [-0.4, -0.2) is 24.0 Å². The van der Waals surface area contributed by atoms with Crippen LogP contribution in [0.25, 0.3) is 11.0 Å². The fourth-order valence-electron chi connectivity index (χ4n) is 3.08. The molecule has 1 amide bonds. The van der Waals surface area contributed by atoms with Gasteiger partial charge in [-0.3, -0.25) is 4.79 Å². The molecule has 0 unspecified atom stereocenters. The summed E-state index contributed by atoms with van der Waals surface area (Å²) in [6, 6.07) is 3.96. The Kier molecular flexibility index (Phi) is 7.20. The van der Waals surface area contributed by atoms with Crippen molar-refractivity contribution in [2.45, 2.75) is 65.5 Å². The van der Waals surface area contributed by atoms with Crippen LogP contribution < -0.4 is 20.8 Å². The summed E-state index contributed by atoms with van der Waals surface area (Å²) in [5, 5.41) is 14.4. The van der Waals surface area contributed by atoms with Crippen LogP contribution >= 0.6 is 0 Å². The lowest BCUT2D eigenvalue weighted by Gasteiger charge is -2.22. The van der Waals surface area contributed by atoms with Crippen molar-refractivity contribution in [2.24, 2.45) is 0 Å². The third kappa shape index (κ3) is 4.91. The van der Waals surface area contributed by atoms with E-state index in [-0.39, 0.29) is 6.42 Å². The zero-order valence-corrected chi connectivity index (χ0v) is 16.7. The topological polar surface area (TPSA) is 109 Å². The number of carboxylic acids is 1. The van der Waals surface area contributed by atoms with E-state index in [1.807, 2.05) is 13.8 Å². The van der Waals surface area contributed by atoms with Crippen LogP contribution in [-0.2, 0) is 16.0 Å². The molecule has 7 heteroatoms. The van der Waals surface area contributed by atoms with E-state index in [9.17, 15) is 19.5 Å². The summed E-state index contributed by atoms with van der Waals surface area (Å²) in [5.74, 6) is -1.48. The van der Waals surface area contributed by atoms with Gasteiger partial charge in [0.15, 0.2) is 6.10 Å². The molecule has 1 N–H and O–H groups in total. The summed E-state index contributed by atoms with van der Waals surface area (Å²) in [6.07, 6.45) is 1.59. The predicted molar refractivity (Wildman–Crippen MR) is 103 cm³/mol. The first-order valence-corrected chi connectivity index (χ1v) is 9.52. The molecule has 0 aliphatic heterocycles. The van der Waals surface area contributed by atoms with Gasteiger partial charge in [-0.15, -0.1) is 0 Å². The minimum atomic E-state index is -1.32. The fraction of sp³-hybridized carbons (Fsp3) is 0.476. The molecule has 2 atom stereocenters. The van der Waals surface area contributed by atoms with Gasteiger partial charge >= 0.3 is 5.63 Å². The maximum Gasteiger partial charge on any atom is 0.336 e. The highest BCUT2D eigenvalue weighted by Gasteiger charge is 2.21. The van der Waals surface area contributed by atoms with Crippen molar-refractivity contribution in [3.8, 4) is 5.75 Å². The van der Waals surface area contributed by atoms with Gasteiger partial charge in [0.05, 0.1) is 12.0 Å². The minimum Gasteiger partial charge on any atom is -0.548 e. The quantitative estimate of drug-likeness (QED) is 0.657. The van der Waals surface area contributed by atoms with Gasteiger partial charge in [0, 0.05) is 17.0 Å². The van der Waals surface area contributed by atoms with Crippen LogP contribution in [0.3, 0.4) is 0 Å². The zero-order valence-electron chi connectivity index (χ0n) is 16.7. The van der Waals surface area contributed by atoms with Gasteiger partial charge in [0.25, 0.3) is 5.91 Å². The first-order valence-electron chi connectivity index (χ1n) is 9.52. The third-order valence-electron chi connectivity index (χ3n) is 4.57. The number of hydrogen-bond donors (Lipinski definition) is 1. The molecule has 0 saturated carbocycles. The lowest BCUT2D eigenvalue weighted by Crippen LogP contribution is -2.51. The van der Waals surface area contributed by atoms with Crippen molar-refractivity contribution in [3.63, 3.8) is 0 Å². The van der Waals surface area contributed by atoms with Gasteiger partial charge in [-0.05, 0) is 44.4 Å². The Labute approximate surface area is 163 Å². The van der Waals surface area contributed by atoms with Crippen LogP contribution in [0.2, 0.25) is 0 Å². The average Bonchev–Trinajstić information content (AvgIpc) is 2.64. The average molecular weight is 388 g/mol. The Morgan fingerprint density at radius 1 is 1.25 bits per heavy atom.